The van der Waals surface area contributed by atoms with Crippen molar-refractivity contribution < 1.29 is 4.79 Å². The number of carbonyl (C=O) groups is 1. The zero-order valence-corrected chi connectivity index (χ0v) is 11.3. The van der Waals surface area contributed by atoms with Crippen LogP contribution < -0.4 is 5.32 Å². The number of hydrogen-bond donors (Lipinski definition) is 1. The first-order valence-corrected chi connectivity index (χ1v) is 6.38. The van der Waals surface area contributed by atoms with Crippen molar-refractivity contribution in [2.24, 2.45) is 5.92 Å². The van der Waals surface area contributed by atoms with Gasteiger partial charge in [0.2, 0.25) is 0 Å². The van der Waals surface area contributed by atoms with Gasteiger partial charge in [0.05, 0.1) is 10.6 Å². The summed E-state index contributed by atoms with van der Waals surface area (Å²) in [5.74, 6) is 0.372. The molecular weight excluding hydrogens is 236 g/mol. The van der Waals surface area contributed by atoms with Gasteiger partial charge in [-0.3, -0.25) is 9.78 Å². The summed E-state index contributed by atoms with van der Waals surface area (Å²) >= 11 is 5.93. The molecule has 1 aromatic rings. The third kappa shape index (κ3) is 3.70. The Hall–Kier alpha value is -1.09. The molecule has 0 saturated heterocycles. The summed E-state index contributed by atoms with van der Waals surface area (Å²) in [4.78, 5) is 15.9. The van der Waals surface area contributed by atoms with Crippen molar-refractivity contribution in [1.82, 2.24) is 10.3 Å². The number of nitrogens with zero attached hydrogens (tertiary/aromatic N) is 1. The highest BCUT2D eigenvalue weighted by atomic mass is 35.5. The summed E-state index contributed by atoms with van der Waals surface area (Å²) in [6.07, 6.45) is 5.17. The number of amides is 1. The number of rotatable bonds is 5. The molecule has 17 heavy (non-hydrogen) atoms. The van der Waals surface area contributed by atoms with Crippen LogP contribution in [-0.4, -0.2) is 16.9 Å². The minimum absolute atomic E-state index is 0.128. The lowest BCUT2D eigenvalue weighted by Crippen LogP contribution is -2.37. The lowest BCUT2D eigenvalue weighted by atomic mass is 9.95. The van der Waals surface area contributed by atoms with Crippen LogP contribution in [0.1, 0.15) is 44.0 Å². The minimum Gasteiger partial charge on any atom is -0.349 e. The highest BCUT2D eigenvalue weighted by molar-refractivity contribution is 6.33. The molecule has 94 valence electrons. The Morgan fingerprint density at radius 2 is 2.12 bits per heavy atom. The molecule has 0 bridgehead atoms. The van der Waals surface area contributed by atoms with E-state index in [-0.39, 0.29) is 11.9 Å². The van der Waals surface area contributed by atoms with Crippen molar-refractivity contribution in [2.45, 2.75) is 39.7 Å². The Bertz CT molecular complexity index is 377. The van der Waals surface area contributed by atoms with E-state index in [9.17, 15) is 4.79 Å². The van der Waals surface area contributed by atoms with E-state index in [0.717, 1.165) is 12.8 Å². The summed E-state index contributed by atoms with van der Waals surface area (Å²) in [5, 5.41) is 3.38. The minimum atomic E-state index is -0.128. The van der Waals surface area contributed by atoms with Gasteiger partial charge in [-0.15, -0.1) is 0 Å². The van der Waals surface area contributed by atoms with Crippen LogP contribution in [0.5, 0.6) is 0 Å². The van der Waals surface area contributed by atoms with Gasteiger partial charge in [0.15, 0.2) is 0 Å². The average Bonchev–Trinajstić information content (AvgIpc) is 2.31. The monoisotopic (exact) mass is 254 g/mol. The Morgan fingerprint density at radius 3 is 2.65 bits per heavy atom. The fourth-order valence-electron chi connectivity index (χ4n) is 1.96. The van der Waals surface area contributed by atoms with Crippen LogP contribution in [0, 0.1) is 5.92 Å². The SMILES string of the molecule is CCC(CC)C(C)NC(=O)c1ccncc1Cl. The fourth-order valence-corrected chi connectivity index (χ4v) is 2.16. The Morgan fingerprint density at radius 1 is 1.47 bits per heavy atom. The van der Waals surface area contributed by atoms with Gasteiger partial charge in [-0.2, -0.15) is 0 Å². The molecule has 3 nitrogen and oxygen atoms in total. The molecule has 1 atom stereocenters. The van der Waals surface area contributed by atoms with Crippen LogP contribution in [0.2, 0.25) is 5.02 Å². The van der Waals surface area contributed by atoms with E-state index in [1.165, 1.54) is 6.20 Å². The number of nitrogens with one attached hydrogen (secondary N) is 1. The van der Waals surface area contributed by atoms with Crippen molar-refractivity contribution >= 4 is 17.5 Å². The van der Waals surface area contributed by atoms with Crippen molar-refractivity contribution in [1.29, 1.82) is 0 Å². The number of halogens is 1. The molecule has 0 aliphatic heterocycles. The molecule has 1 N–H and O–H groups in total. The van der Waals surface area contributed by atoms with Crippen LogP contribution in [0.15, 0.2) is 18.5 Å². The molecule has 0 spiro atoms. The maximum atomic E-state index is 12.0. The molecular formula is C13H19ClN2O. The van der Waals surface area contributed by atoms with E-state index >= 15 is 0 Å². The number of pyridine rings is 1. The summed E-state index contributed by atoms with van der Waals surface area (Å²) < 4.78 is 0. The second-order valence-electron chi connectivity index (χ2n) is 4.19. The van der Waals surface area contributed by atoms with E-state index < -0.39 is 0 Å². The highest BCUT2D eigenvalue weighted by Gasteiger charge is 2.17. The predicted molar refractivity (Wildman–Crippen MR) is 70.2 cm³/mol. The predicted octanol–water partition coefficient (Wildman–Crippen LogP) is 3.29. The summed E-state index contributed by atoms with van der Waals surface area (Å²) in [6, 6.07) is 1.79. The maximum Gasteiger partial charge on any atom is 0.253 e. The molecule has 0 aliphatic carbocycles. The van der Waals surface area contributed by atoms with Crippen molar-refractivity contribution in [3.63, 3.8) is 0 Å². The van der Waals surface area contributed by atoms with Crippen LogP contribution in [0.4, 0.5) is 0 Å². The number of aromatic nitrogens is 1. The molecule has 1 heterocycles. The van der Waals surface area contributed by atoms with E-state index in [0.29, 0.717) is 16.5 Å². The van der Waals surface area contributed by atoms with E-state index in [1.54, 1.807) is 12.3 Å². The van der Waals surface area contributed by atoms with Crippen molar-refractivity contribution in [2.75, 3.05) is 0 Å². The molecule has 1 aromatic heterocycles. The van der Waals surface area contributed by atoms with Gasteiger partial charge in [-0.25, -0.2) is 0 Å². The average molecular weight is 255 g/mol. The Balaban J connectivity index is 2.70. The fraction of sp³-hybridized carbons (Fsp3) is 0.538. The van der Waals surface area contributed by atoms with E-state index in [2.05, 4.69) is 24.1 Å². The lowest BCUT2D eigenvalue weighted by Gasteiger charge is -2.22. The van der Waals surface area contributed by atoms with Gasteiger partial charge >= 0.3 is 0 Å². The zero-order valence-electron chi connectivity index (χ0n) is 10.5. The third-order valence-electron chi connectivity index (χ3n) is 3.13. The van der Waals surface area contributed by atoms with E-state index in [4.69, 9.17) is 11.6 Å². The largest absolute Gasteiger partial charge is 0.349 e. The van der Waals surface area contributed by atoms with Gasteiger partial charge in [0.25, 0.3) is 5.91 Å². The van der Waals surface area contributed by atoms with Gasteiger partial charge in [0, 0.05) is 18.4 Å². The zero-order chi connectivity index (χ0) is 12.8. The molecule has 0 radical (unpaired) electrons. The van der Waals surface area contributed by atoms with Gasteiger partial charge in [0.1, 0.15) is 0 Å². The molecule has 0 aromatic carbocycles. The van der Waals surface area contributed by atoms with Crippen molar-refractivity contribution in [3.8, 4) is 0 Å². The first kappa shape index (κ1) is 14.0. The second-order valence-corrected chi connectivity index (χ2v) is 4.60. The summed E-state index contributed by atoms with van der Waals surface area (Å²) in [6.45, 7) is 6.30. The summed E-state index contributed by atoms with van der Waals surface area (Å²) in [5.41, 5.74) is 0.486. The standard InChI is InChI=1S/C13H19ClN2O/c1-4-10(5-2)9(3)16-13(17)11-6-7-15-8-12(11)14/h6-10H,4-5H2,1-3H3,(H,16,17). The van der Waals surface area contributed by atoms with Crippen molar-refractivity contribution in [3.05, 3.63) is 29.0 Å². The topological polar surface area (TPSA) is 42.0 Å². The molecule has 0 saturated carbocycles. The quantitative estimate of drug-likeness (QED) is 0.876. The van der Waals surface area contributed by atoms with Crippen LogP contribution in [0.3, 0.4) is 0 Å². The molecule has 4 heteroatoms. The summed E-state index contributed by atoms with van der Waals surface area (Å²) in [7, 11) is 0. The molecule has 0 aliphatic rings. The molecule has 1 rings (SSSR count). The number of carbonyl (C=O) groups excluding carboxylic acids is 1. The van der Waals surface area contributed by atoms with Gasteiger partial charge < -0.3 is 5.32 Å². The third-order valence-corrected chi connectivity index (χ3v) is 3.43. The Labute approximate surface area is 108 Å². The van der Waals surface area contributed by atoms with E-state index in [1.807, 2.05) is 6.92 Å². The maximum absolute atomic E-state index is 12.0. The lowest BCUT2D eigenvalue weighted by molar-refractivity contribution is 0.0925. The second kappa shape index (κ2) is 6.60. The first-order valence-electron chi connectivity index (χ1n) is 6.00. The highest BCUT2D eigenvalue weighted by Crippen LogP contribution is 2.16. The van der Waals surface area contributed by atoms with Gasteiger partial charge in [-0.05, 0) is 18.9 Å². The molecule has 1 unspecified atom stereocenters. The smallest absolute Gasteiger partial charge is 0.253 e. The number of hydrogen-bond acceptors (Lipinski definition) is 2. The van der Waals surface area contributed by atoms with Gasteiger partial charge in [-0.1, -0.05) is 38.3 Å². The van der Waals surface area contributed by atoms with Crippen LogP contribution in [-0.2, 0) is 0 Å². The Kier molecular flexibility index (Phi) is 5.42. The van der Waals surface area contributed by atoms with Crippen LogP contribution in [0.25, 0.3) is 0 Å². The van der Waals surface area contributed by atoms with Crippen LogP contribution >= 0.6 is 11.6 Å². The first-order chi connectivity index (χ1) is 8.10. The molecule has 0 fully saturated rings. The normalized spacial score (nSPS) is 12.5. The molecule has 1 amide bonds.